The number of hydrogen-bond acceptors (Lipinski definition) is 5. The lowest BCUT2D eigenvalue weighted by Gasteiger charge is -2.34. The average molecular weight is 363 g/mol. The number of nitrogens with one attached hydrogen (secondary N) is 1. The van der Waals surface area contributed by atoms with Gasteiger partial charge in [-0.2, -0.15) is 0 Å². The minimum Gasteiger partial charge on any atom is -0.494 e. The molecule has 144 valence electrons. The van der Waals surface area contributed by atoms with Crippen LogP contribution in [0.25, 0.3) is 0 Å². The molecule has 0 aliphatic heterocycles. The lowest BCUT2D eigenvalue weighted by Crippen LogP contribution is -2.45. The Morgan fingerprint density at radius 2 is 1.69 bits per heavy atom. The maximum Gasteiger partial charge on any atom is 0.344 e. The van der Waals surface area contributed by atoms with E-state index in [-0.39, 0.29) is 25.2 Å². The smallest absolute Gasteiger partial charge is 0.344 e. The van der Waals surface area contributed by atoms with Crippen molar-refractivity contribution in [3.63, 3.8) is 0 Å². The number of amides is 1. The Hall–Kier alpha value is -2.24. The summed E-state index contributed by atoms with van der Waals surface area (Å²) >= 11 is 0. The van der Waals surface area contributed by atoms with E-state index in [0.717, 1.165) is 18.6 Å². The van der Waals surface area contributed by atoms with Gasteiger partial charge in [0.05, 0.1) is 6.61 Å². The zero-order valence-electron chi connectivity index (χ0n) is 15.8. The van der Waals surface area contributed by atoms with Crippen LogP contribution in [0.3, 0.4) is 0 Å². The second kappa shape index (κ2) is 10.0. The normalized spacial score (nSPS) is 22.3. The van der Waals surface area contributed by atoms with E-state index in [2.05, 4.69) is 19.2 Å². The van der Waals surface area contributed by atoms with Crippen LogP contribution in [0, 0.1) is 11.8 Å². The molecule has 0 aromatic heterocycles. The summed E-state index contributed by atoms with van der Waals surface area (Å²) in [5, 5.41) is 2.98. The topological polar surface area (TPSA) is 73.9 Å². The summed E-state index contributed by atoms with van der Waals surface area (Å²) in [5.41, 5.74) is 0. The number of ether oxygens (including phenoxy) is 3. The summed E-state index contributed by atoms with van der Waals surface area (Å²) in [6.07, 6.45) is 3.30. The van der Waals surface area contributed by atoms with Gasteiger partial charge in [0, 0.05) is 6.04 Å². The van der Waals surface area contributed by atoms with Crippen LogP contribution in [0.2, 0.25) is 0 Å². The van der Waals surface area contributed by atoms with Crippen LogP contribution in [0.15, 0.2) is 24.3 Å². The molecular weight excluding hydrogens is 334 g/mol. The lowest BCUT2D eigenvalue weighted by atomic mass is 9.78. The van der Waals surface area contributed by atoms with Gasteiger partial charge in [0.25, 0.3) is 5.91 Å². The van der Waals surface area contributed by atoms with Crippen LogP contribution >= 0.6 is 0 Å². The molecule has 0 heterocycles. The van der Waals surface area contributed by atoms with Crippen molar-refractivity contribution in [1.29, 1.82) is 0 Å². The zero-order chi connectivity index (χ0) is 18.9. The van der Waals surface area contributed by atoms with Crippen LogP contribution < -0.4 is 14.8 Å². The molecule has 1 amide bonds. The predicted octanol–water partition coefficient (Wildman–Crippen LogP) is 2.95. The van der Waals surface area contributed by atoms with Gasteiger partial charge in [-0.05, 0) is 49.4 Å². The summed E-state index contributed by atoms with van der Waals surface area (Å²) in [4.78, 5) is 23.7. The number of hydrogen-bond donors (Lipinski definition) is 1. The van der Waals surface area contributed by atoms with Gasteiger partial charge in [0.15, 0.2) is 13.2 Å². The van der Waals surface area contributed by atoms with Crippen molar-refractivity contribution < 1.29 is 23.8 Å². The highest BCUT2D eigenvalue weighted by Gasteiger charge is 2.28. The van der Waals surface area contributed by atoms with Gasteiger partial charge in [-0.1, -0.05) is 26.7 Å². The predicted molar refractivity (Wildman–Crippen MR) is 98.2 cm³/mol. The van der Waals surface area contributed by atoms with Gasteiger partial charge < -0.3 is 19.5 Å². The average Bonchev–Trinajstić information content (AvgIpc) is 2.63. The molecule has 1 fully saturated rings. The molecule has 1 aromatic carbocycles. The Kier molecular flexibility index (Phi) is 7.75. The van der Waals surface area contributed by atoms with Gasteiger partial charge in [0.1, 0.15) is 11.5 Å². The fourth-order valence-corrected chi connectivity index (χ4v) is 3.16. The first-order valence-electron chi connectivity index (χ1n) is 9.30. The van der Waals surface area contributed by atoms with Gasteiger partial charge in [0.2, 0.25) is 0 Å². The lowest BCUT2D eigenvalue weighted by molar-refractivity contribution is -0.150. The molecule has 1 aliphatic carbocycles. The summed E-state index contributed by atoms with van der Waals surface area (Å²) in [7, 11) is 0. The van der Waals surface area contributed by atoms with Crippen molar-refractivity contribution in [3.8, 4) is 11.5 Å². The first kappa shape index (κ1) is 20.1. The van der Waals surface area contributed by atoms with E-state index in [1.807, 2.05) is 6.92 Å². The van der Waals surface area contributed by atoms with Crippen molar-refractivity contribution in [1.82, 2.24) is 5.32 Å². The van der Waals surface area contributed by atoms with Crippen LogP contribution in [0.1, 0.15) is 40.0 Å². The van der Waals surface area contributed by atoms with E-state index in [1.54, 1.807) is 24.3 Å². The first-order valence-corrected chi connectivity index (χ1v) is 9.30. The van der Waals surface area contributed by atoms with Crippen LogP contribution in [-0.2, 0) is 14.3 Å². The maximum atomic E-state index is 12.0. The molecule has 0 unspecified atom stereocenters. The summed E-state index contributed by atoms with van der Waals surface area (Å²) in [6, 6.07) is 7.13. The highest BCUT2D eigenvalue weighted by Crippen LogP contribution is 2.29. The Bertz CT molecular complexity index is 586. The quantitative estimate of drug-likeness (QED) is 0.719. The molecular formula is C20H29NO5. The van der Waals surface area contributed by atoms with E-state index >= 15 is 0 Å². The molecule has 6 heteroatoms. The third-order valence-electron chi connectivity index (χ3n) is 4.91. The van der Waals surface area contributed by atoms with Gasteiger partial charge in [-0.25, -0.2) is 4.79 Å². The fourth-order valence-electron chi connectivity index (χ4n) is 3.16. The van der Waals surface area contributed by atoms with E-state index in [9.17, 15) is 9.59 Å². The monoisotopic (exact) mass is 363 g/mol. The Morgan fingerprint density at radius 3 is 2.35 bits per heavy atom. The van der Waals surface area contributed by atoms with E-state index in [1.165, 1.54) is 6.42 Å². The molecule has 3 atom stereocenters. The van der Waals surface area contributed by atoms with Crippen molar-refractivity contribution in [2.24, 2.45) is 11.8 Å². The molecule has 6 nitrogen and oxygen atoms in total. The highest BCUT2D eigenvalue weighted by atomic mass is 16.6. The van der Waals surface area contributed by atoms with Crippen LogP contribution in [0.5, 0.6) is 11.5 Å². The molecule has 0 spiro atoms. The third kappa shape index (κ3) is 6.24. The van der Waals surface area contributed by atoms with E-state index in [4.69, 9.17) is 14.2 Å². The summed E-state index contributed by atoms with van der Waals surface area (Å²) < 4.78 is 15.7. The standard InChI is InChI=1S/C20H29NO5/c1-4-24-16-8-10-17(11-9-16)25-13-20(23)26-12-19(22)21-18-7-5-6-14(2)15(18)3/h8-11,14-15,18H,4-7,12-13H2,1-3H3,(H,21,22)/t14-,15+,18+/m1/s1. The van der Waals surface area contributed by atoms with Crippen LogP contribution in [-0.4, -0.2) is 37.7 Å². The molecule has 1 aromatic rings. The Balaban J connectivity index is 1.67. The van der Waals surface area contributed by atoms with Gasteiger partial charge >= 0.3 is 5.97 Å². The highest BCUT2D eigenvalue weighted by molar-refractivity contribution is 5.81. The van der Waals surface area contributed by atoms with E-state index < -0.39 is 5.97 Å². The van der Waals surface area contributed by atoms with Gasteiger partial charge in [-0.3, -0.25) is 4.79 Å². The summed E-state index contributed by atoms with van der Waals surface area (Å²) in [6.45, 7) is 6.35. The molecule has 0 saturated heterocycles. The maximum absolute atomic E-state index is 12.0. The van der Waals surface area contributed by atoms with Crippen molar-refractivity contribution >= 4 is 11.9 Å². The minimum atomic E-state index is -0.570. The molecule has 26 heavy (non-hydrogen) atoms. The Labute approximate surface area is 155 Å². The van der Waals surface area contributed by atoms with Crippen molar-refractivity contribution in [3.05, 3.63) is 24.3 Å². The molecule has 0 radical (unpaired) electrons. The number of carbonyl (C=O) groups is 2. The fraction of sp³-hybridized carbons (Fsp3) is 0.600. The molecule has 1 N–H and O–H groups in total. The van der Waals surface area contributed by atoms with Crippen LogP contribution in [0.4, 0.5) is 0 Å². The molecule has 2 rings (SSSR count). The third-order valence-corrected chi connectivity index (χ3v) is 4.91. The zero-order valence-corrected chi connectivity index (χ0v) is 15.8. The molecule has 1 saturated carbocycles. The largest absolute Gasteiger partial charge is 0.494 e. The number of esters is 1. The minimum absolute atomic E-state index is 0.157. The van der Waals surface area contributed by atoms with Gasteiger partial charge in [-0.15, -0.1) is 0 Å². The number of rotatable bonds is 8. The number of benzene rings is 1. The first-order chi connectivity index (χ1) is 12.5. The molecule has 1 aliphatic rings. The van der Waals surface area contributed by atoms with Crippen molar-refractivity contribution in [2.45, 2.75) is 46.1 Å². The second-order valence-corrected chi connectivity index (χ2v) is 6.80. The Morgan fingerprint density at radius 1 is 1.04 bits per heavy atom. The van der Waals surface area contributed by atoms with Crippen molar-refractivity contribution in [2.75, 3.05) is 19.8 Å². The van der Waals surface area contributed by atoms with E-state index in [0.29, 0.717) is 24.2 Å². The number of carbonyl (C=O) groups excluding carboxylic acids is 2. The summed E-state index contributed by atoms with van der Waals surface area (Å²) in [5.74, 6) is 1.49. The SMILES string of the molecule is CCOc1ccc(OCC(=O)OCC(=O)N[C@H]2CCC[C@@H](C)[C@@H]2C)cc1. The molecule has 0 bridgehead atoms. The second-order valence-electron chi connectivity index (χ2n) is 6.80.